The SMILES string of the molecule is CCCCCCc1c(Br)csc1C=O. The molecule has 0 spiro atoms. The maximum atomic E-state index is 10.7. The summed E-state index contributed by atoms with van der Waals surface area (Å²) in [5.74, 6) is 0. The highest BCUT2D eigenvalue weighted by molar-refractivity contribution is 9.10. The van der Waals surface area contributed by atoms with Crippen molar-refractivity contribution in [1.82, 2.24) is 0 Å². The molecule has 78 valence electrons. The second kappa shape index (κ2) is 6.36. The molecule has 0 atom stereocenters. The molecule has 0 fully saturated rings. The van der Waals surface area contributed by atoms with Crippen LogP contribution < -0.4 is 0 Å². The Kier molecular flexibility index (Phi) is 5.41. The fraction of sp³-hybridized carbons (Fsp3) is 0.545. The highest BCUT2D eigenvalue weighted by atomic mass is 79.9. The molecular weight excluding hydrogens is 260 g/mol. The molecular formula is C11H15BrOS. The molecule has 0 saturated carbocycles. The number of hydrogen-bond acceptors (Lipinski definition) is 2. The van der Waals surface area contributed by atoms with Crippen LogP contribution in [0.3, 0.4) is 0 Å². The lowest BCUT2D eigenvalue weighted by Gasteiger charge is -2.00. The summed E-state index contributed by atoms with van der Waals surface area (Å²) in [5, 5.41) is 2.00. The highest BCUT2D eigenvalue weighted by Gasteiger charge is 2.08. The molecule has 14 heavy (non-hydrogen) atoms. The second-order valence-electron chi connectivity index (χ2n) is 3.35. The summed E-state index contributed by atoms with van der Waals surface area (Å²) in [7, 11) is 0. The van der Waals surface area contributed by atoms with Gasteiger partial charge in [0.05, 0.1) is 4.88 Å². The van der Waals surface area contributed by atoms with Gasteiger partial charge in [-0.1, -0.05) is 26.2 Å². The molecule has 3 heteroatoms. The third-order valence-corrected chi connectivity index (χ3v) is 4.22. The zero-order chi connectivity index (χ0) is 10.4. The summed E-state index contributed by atoms with van der Waals surface area (Å²) < 4.78 is 1.10. The third kappa shape index (κ3) is 3.21. The average molecular weight is 275 g/mol. The number of aldehydes is 1. The lowest BCUT2D eigenvalue weighted by molar-refractivity contribution is 0.112. The summed E-state index contributed by atoms with van der Waals surface area (Å²) in [6, 6.07) is 0. The van der Waals surface area contributed by atoms with Crippen molar-refractivity contribution in [3.8, 4) is 0 Å². The molecule has 1 rings (SSSR count). The molecule has 0 aliphatic carbocycles. The summed E-state index contributed by atoms with van der Waals surface area (Å²) in [6.45, 7) is 2.21. The lowest BCUT2D eigenvalue weighted by Crippen LogP contribution is -1.89. The minimum absolute atomic E-state index is 0.883. The van der Waals surface area contributed by atoms with Gasteiger partial charge in [-0.2, -0.15) is 0 Å². The van der Waals surface area contributed by atoms with E-state index >= 15 is 0 Å². The molecule has 0 N–H and O–H groups in total. The van der Waals surface area contributed by atoms with Gasteiger partial charge in [0.15, 0.2) is 6.29 Å². The predicted molar refractivity (Wildman–Crippen MR) is 65.3 cm³/mol. The molecule has 0 aliphatic heterocycles. The molecule has 0 amide bonds. The molecule has 1 aromatic heterocycles. The summed E-state index contributed by atoms with van der Waals surface area (Å²) >= 11 is 5.00. The van der Waals surface area contributed by atoms with Gasteiger partial charge in [0.1, 0.15) is 0 Å². The minimum atomic E-state index is 0.883. The summed E-state index contributed by atoms with van der Waals surface area (Å²) in [5.41, 5.74) is 1.20. The monoisotopic (exact) mass is 274 g/mol. The first-order chi connectivity index (χ1) is 6.79. The Bertz CT molecular complexity index is 293. The summed E-state index contributed by atoms with van der Waals surface area (Å²) in [6.07, 6.45) is 6.98. The summed E-state index contributed by atoms with van der Waals surface area (Å²) in [4.78, 5) is 11.6. The molecule has 0 unspecified atom stereocenters. The Morgan fingerprint density at radius 1 is 1.43 bits per heavy atom. The van der Waals surface area contributed by atoms with Gasteiger partial charge in [-0.05, 0) is 34.3 Å². The van der Waals surface area contributed by atoms with Gasteiger partial charge in [-0.15, -0.1) is 11.3 Å². The fourth-order valence-electron chi connectivity index (χ4n) is 1.45. The Morgan fingerprint density at radius 3 is 2.86 bits per heavy atom. The van der Waals surface area contributed by atoms with Gasteiger partial charge < -0.3 is 0 Å². The van der Waals surface area contributed by atoms with Crippen molar-refractivity contribution in [2.45, 2.75) is 39.0 Å². The Balaban J connectivity index is 2.48. The Morgan fingerprint density at radius 2 is 2.21 bits per heavy atom. The average Bonchev–Trinajstić information content (AvgIpc) is 2.55. The number of unbranched alkanes of at least 4 members (excludes halogenated alkanes) is 3. The van der Waals surface area contributed by atoms with E-state index < -0.39 is 0 Å². The second-order valence-corrected chi connectivity index (χ2v) is 5.12. The van der Waals surface area contributed by atoms with E-state index in [4.69, 9.17) is 0 Å². The van der Waals surface area contributed by atoms with Crippen molar-refractivity contribution < 1.29 is 4.79 Å². The normalized spacial score (nSPS) is 10.4. The standard InChI is InChI=1S/C11H15BrOS/c1-2-3-4-5-6-9-10(12)8-14-11(9)7-13/h7-8H,2-6H2,1H3. The van der Waals surface area contributed by atoms with Gasteiger partial charge in [-0.25, -0.2) is 0 Å². The molecule has 1 heterocycles. The van der Waals surface area contributed by atoms with E-state index in [1.165, 1.54) is 42.6 Å². The van der Waals surface area contributed by atoms with Gasteiger partial charge in [-0.3, -0.25) is 4.79 Å². The Labute approximate surface area is 97.7 Å². The largest absolute Gasteiger partial charge is 0.297 e. The van der Waals surface area contributed by atoms with Crippen molar-refractivity contribution in [2.24, 2.45) is 0 Å². The number of carbonyl (C=O) groups is 1. The first-order valence-electron chi connectivity index (χ1n) is 5.00. The number of carbonyl (C=O) groups excluding carboxylic acids is 1. The van der Waals surface area contributed by atoms with Crippen LogP contribution in [0.15, 0.2) is 9.85 Å². The lowest BCUT2D eigenvalue weighted by atomic mass is 10.1. The van der Waals surface area contributed by atoms with Crippen LogP contribution in [0.4, 0.5) is 0 Å². The first-order valence-corrected chi connectivity index (χ1v) is 6.68. The third-order valence-electron chi connectivity index (χ3n) is 2.26. The van der Waals surface area contributed by atoms with Crippen LogP contribution in [-0.2, 0) is 6.42 Å². The van der Waals surface area contributed by atoms with E-state index in [9.17, 15) is 4.79 Å². The van der Waals surface area contributed by atoms with Gasteiger partial charge in [0, 0.05) is 9.85 Å². The number of halogens is 1. The quantitative estimate of drug-likeness (QED) is 0.554. The van der Waals surface area contributed by atoms with Crippen molar-refractivity contribution in [1.29, 1.82) is 0 Å². The van der Waals surface area contributed by atoms with Gasteiger partial charge in [0.25, 0.3) is 0 Å². The maximum Gasteiger partial charge on any atom is 0.160 e. The number of hydrogen-bond donors (Lipinski definition) is 0. The topological polar surface area (TPSA) is 17.1 Å². The van der Waals surface area contributed by atoms with Gasteiger partial charge >= 0.3 is 0 Å². The molecule has 0 bridgehead atoms. The molecule has 0 aromatic carbocycles. The van der Waals surface area contributed by atoms with Crippen LogP contribution in [0.1, 0.15) is 47.8 Å². The van der Waals surface area contributed by atoms with E-state index in [-0.39, 0.29) is 0 Å². The number of rotatable bonds is 6. The van der Waals surface area contributed by atoms with E-state index in [1.54, 1.807) is 0 Å². The molecule has 1 nitrogen and oxygen atoms in total. The molecule has 1 aromatic rings. The Hall–Kier alpha value is -0.150. The van der Waals surface area contributed by atoms with Crippen molar-refractivity contribution in [3.05, 3.63) is 20.3 Å². The van der Waals surface area contributed by atoms with Crippen LogP contribution in [-0.4, -0.2) is 6.29 Å². The molecule has 0 radical (unpaired) electrons. The predicted octanol–water partition coefficient (Wildman–Crippen LogP) is 4.45. The maximum absolute atomic E-state index is 10.7. The highest BCUT2D eigenvalue weighted by Crippen LogP contribution is 2.27. The van der Waals surface area contributed by atoms with Crippen LogP contribution in [0.2, 0.25) is 0 Å². The van der Waals surface area contributed by atoms with Crippen molar-refractivity contribution in [3.63, 3.8) is 0 Å². The van der Waals surface area contributed by atoms with E-state index in [0.29, 0.717) is 0 Å². The first kappa shape index (κ1) is 11.9. The van der Waals surface area contributed by atoms with Crippen LogP contribution in [0.5, 0.6) is 0 Å². The fourth-order valence-corrected chi connectivity index (χ4v) is 3.05. The van der Waals surface area contributed by atoms with Crippen LogP contribution in [0.25, 0.3) is 0 Å². The van der Waals surface area contributed by atoms with Gasteiger partial charge in [0.2, 0.25) is 0 Å². The van der Waals surface area contributed by atoms with Crippen LogP contribution >= 0.6 is 27.3 Å². The van der Waals surface area contributed by atoms with Crippen LogP contribution in [0, 0.1) is 0 Å². The minimum Gasteiger partial charge on any atom is -0.297 e. The smallest absolute Gasteiger partial charge is 0.160 e. The van der Waals surface area contributed by atoms with Crippen molar-refractivity contribution >= 4 is 33.6 Å². The van der Waals surface area contributed by atoms with E-state index in [2.05, 4.69) is 22.9 Å². The zero-order valence-electron chi connectivity index (χ0n) is 8.38. The van der Waals surface area contributed by atoms with E-state index in [1.807, 2.05) is 5.38 Å². The number of thiophene rings is 1. The molecule has 0 saturated heterocycles. The van der Waals surface area contributed by atoms with E-state index in [0.717, 1.165) is 22.1 Å². The van der Waals surface area contributed by atoms with Crippen molar-refractivity contribution in [2.75, 3.05) is 0 Å². The zero-order valence-corrected chi connectivity index (χ0v) is 10.8. The molecule has 0 aliphatic rings.